The van der Waals surface area contributed by atoms with Crippen LogP contribution < -0.4 is 4.90 Å². The third-order valence-electron chi connectivity index (χ3n) is 2.57. The number of anilines is 1. The zero-order valence-electron chi connectivity index (χ0n) is 9.76. The van der Waals surface area contributed by atoms with Gasteiger partial charge >= 0.3 is 5.97 Å². The molecule has 0 aliphatic carbocycles. The summed E-state index contributed by atoms with van der Waals surface area (Å²) in [6, 6.07) is 8.90. The Balaban J connectivity index is 2.34. The summed E-state index contributed by atoms with van der Waals surface area (Å²) in [6.07, 6.45) is 0. The van der Waals surface area contributed by atoms with Crippen molar-refractivity contribution in [2.45, 2.75) is 6.54 Å². The highest BCUT2D eigenvalue weighted by atomic mass is 35.5. The molecule has 1 N–H and O–H groups in total. The lowest BCUT2D eigenvalue weighted by molar-refractivity contribution is 0.0697. The van der Waals surface area contributed by atoms with Crippen LogP contribution in [0.25, 0.3) is 0 Å². The fraction of sp³-hybridized carbons (Fsp3) is 0.154. The summed E-state index contributed by atoms with van der Waals surface area (Å²) in [7, 11) is 1.84. The lowest BCUT2D eigenvalue weighted by Crippen LogP contribution is -2.19. The summed E-state index contributed by atoms with van der Waals surface area (Å²) in [5, 5.41) is 11.6. The third-order valence-corrected chi connectivity index (χ3v) is 3.74. The molecule has 1 heterocycles. The van der Waals surface area contributed by atoms with Crippen molar-refractivity contribution in [3.63, 3.8) is 0 Å². The highest BCUT2D eigenvalue weighted by molar-refractivity contribution is 7.09. The van der Waals surface area contributed by atoms with Crippen molar-refractivity contribution in [1.29, 1.82) is 0 Å². The quantitative estimate of drug-likeness (QED) is 0.928. The van der Waals surface area contributed by atoms with Crippen LogP contribution in [0, 0.1) is 0 Å². The van der Waals surface area contributed by atoms with E-state index in [2.05, 4.69) is 0 Å². The van der Waals surface area contributed by atoms with Crippen molar-refractivity contribution in [2.75, 3.05) is 11.9 Å². The van der Waals surface area contributed by atoms with Gasteiger partial charge in [-0.15, -0.1) is 11.3 Å². The largest absolute Gasteiger partial charge is 0.478 e. The fourth-order valence-corrected chi connectivity index (χ4v) is 2.87. The van der Waals surface area contributed by atoms with E-state index in [1.807, 2.05) is 29.5 Å². The summed E-state index contributed by atoms with van der Waals surface area (Å²) in [6.45, 7) is 0.641. The SMILES string of the molecule is CN(Cc1cccs1)c1c(Cl)cccc1C(=O)O. The van der Waals surface area contributed by atoms with Crippen molar-refractivity contribution in [1.82, 2.24) is 0 Å². The van der Waals surface area contributed by atoms with Crippen LogP contribution in [0.1, 0.15) is 15.2 Å². The molecule has 18 heavy (non-hydrogen) atoms. The lowest BCUT2D eigenvalue weighted by atomic mass is 10.1. The molecule has 1 aromatic carbocycles. The van der Waals surface area contributed by atoms with E-state index < -0.39 is 5.97 Å². The van der Waals surface area contributed by atoms with Gasteiger partial charge in [-0.2, -0.15) is 0 Å². The average molecular weight is 282 g/mol. The summed E-state index contributed by atoms with van der Waals surface area (Å²) >= 11 is 7.74. The van der Waals surface area contributed by atoms with Gasteiger partial charge in [0.1, 0.15) is 0 Å². The molecule has 0 radical (unpaired) electrons. The predicted octanol–water partition coefficient (Wildman–Crippen LogP) is 3.74. The number of halogens is 1. The monoisotopic (exact) mass is 281 g/mol. The van der Waals surface area contributed by atoms with Crippen LogP contribution in [0.5, 0.6) is 0 Å². The Bertz CT molecular complexity index is 554. The smallest absolute Gasteiger partial charge is 0.337 e. The number of hydrogen-bond donors (Lipinski definition) is 1. The molecule has 0 bridgehead atoms. The van der Waals surface area contributed by atoms with E-state index in [1.165, 1.54) is 0 Å². The van der Waals surface area contributed by atoms with Crippen LogP contribution in [0.2, 0.25) is 5.02 Å². The maximum absolute atomic E-state index is 11.2. The number of benzene rings is 1. The van der Waals surface area contributed by atoms with Gasteiger partial charge in [-0.3, -0.25) is 0 Å². The van der Waals surface area contributed by atoms with Crippen molar-refractivity contribution >= 4 is 34.6 Å². The van der Waals surface area contributed by atoms with E-state index in [1.54, 1.807) is 29.5 Å². The molecule has 0 aliphatic heterocycles. The lowest BCUT2D eigenvalue weighted by Gasteiger charge is -2.21. The summed E-state index contributed by atoms with van der Waals surface area (Å²) in [5.41, 5.74) is 0.779. The molecule has 0 aliphatic rings. The summed E-state index contributed by atoms with van der Waals surface area (Å²) < 4.78 is 0. The second kappa shape index (κ2) is 5.42. The fourth-order valence-electron chi connectivity index (χ4n) is 1.79. The molecule has 2 aromatic rings. The second-order valence-electron chi connectivity index (χ2n) is 3.88. The minimum Gasteiger partial charge on any atom is -0.478 e. The van der Waals surface area contributed by atoms with Gasteiger partial charge in [0.15, 0.2) is 0 Å². The van der Waals surface area contributed by atoms with E-state index in [4.69, 9.17) is 11.6 Å². The zero-order chi connectivity index (χ0) is 13.1. The van der Waals surface area contributed by atoms with Crippen molar-refractivity contribution in [3.05, 3.63) is 51.2 Å². The Morgan fingerprint density at radius 3 is 2.78 bits per heavy atom. The second-order valence-corrected chi connectivity index (χ2v) is 5.32. The van der Waals surface area contributed by atoms with Crippen molar-refractivity contribution in [3.8, 4) is 0 Å². The number of carboxylic acids is 1. The van der Waals surface area contributed by atoms with E-state index in [0.29, 0.717) is 17.3 Å². The molecule has 5 heteroatoms. The molecule has 94 valence electrons. The van der Waals surface area contributed by atoms with Gasteiger partial charge in [-0.05, 0) is 23.6 Å². The van der Waals surface area contributed by atoms with Gasteiger partial charge in [-0.1, -0.05) is 23.7 Å². The molecule has 1 aromatic heterocycles. The highest BCUT2D eigenvalue weighted by Crippen LogP contribution is 2.30. The van der Waals surface area contributed by atoms with Crippen LogP contribution in [-0.2, 0) is 6.54 Å². The van der Waals surface area contributed by atoms with Crippen molar-refractivity contribution in [2.24, 2.45) is 0 Å². The van der Waals surface area contributed by atoms with E-state index in [9.17, 15) is 9.90 Å². The van der Waals surface area contributed by atoms with Crippen LogP contribution in [-0.4, -0.2) is 18.1 Å². The summed E-state index contributed by atoms with van der Waals surface area (Å²) in [4.78, 5) is 14.2. The number of hydrogen-bond acceptors (Lipinski definition) is 3. The maximum Gasteiger partial charge on any atom is 0.337 e. The molecule has 0 atom stereocenters. The predicted molar refractivity (Wildman–Crippen MR) is 74.8 cm³/mol. The standard InChI is InChI=1S/C13H12ClNO2S/c1-15(8-9-4-3-7-18-9)12-10(13(16)17)5-2-6-11(12)14/h2-7H,8H2,1H3,(H,16,17). The number of para-hydroxylation sites is 1. The third kappa shape index (κ3) is 2.66. The Morgan fingerprint density at radius 2 is 2.17 bits per heavy atom. The van der Waals surface area contributed by atoms with Crippen LogP contribution in [0.4, 0.5) is 5.69 Å². The van der Waals surface area contributed by atoms with Gasteiger partial charge in [0.05, 0.1) is 22.8 Å². The van der Waals surface area contributed by atoms with Gasteiger partial charge in [0.25, 0.3) is 0 Å². The minimum absolute atomic E-state index is 0.224. The zero-order valence-corrected chi connectivity index (χ0v) is 11.3. The average Bonchev–Trinajstić information content (AvgIpc) is 2.81. The van der Waals surface area contributed by atoms with E-state index in [0.717, 1.165) is 4.88 Å². The Kier molecular flexibility index (Phi) is 3.89. The molecule has 3 nitrogen and oxygen atoms in total. The van der Waals surface area contributed by atoms with Gasteiger partial charge in [-0.25, -0.2) is 4.79 Å². The van der Waals surface area contributed by atoms with Gasteiger partial charge in [0.2, 0.25) is 0 Å². The first-order chi connectivity index (χ1) is 8.59. The first-order valence-electron chi connectivity index (χ1n) is 5.35. The molecule has 0 fully saturated rings. The van der Waals surface area contributed by atoms with Gasteiger partial charge in [0, 0.05) is 11.9 Å². The Morgan fingerprint density at radius 1 is 1.39 bits per heavy atom. The number of nitrogens with zero attached hydrogens (tertiary/aromatic N) is 1. The molecule has 0 saturated carbocycles. The number of aromatic carboxylic acids is 1. The number of thiophene rings is 1. The number of rotatable bonds is 4. The van der Waals surface area contributed by atoms with Crippen LogP contribution >= 0.6 is 22.9 Å². The number of carboxylic acid groups (broad SMARTS) is 1. The van der Waals surface area contributed by atoms with Gasteiger partial charge < -0.3 is 10.0 Å². The first kappa shape index (κ1) is 12.9. The Labute approximate surface area is 114 Å². The minimum atomic E-state index is -0.967. The molecule has 0 amide bonds. The number of carbonyl (C=O) groups is 1. The topological polar surface area (TPSA) is 40.5 Å². The molecule has 0 unspecified atom stereocenters. The molecule has 0 spiro atoms. The molecular weight excluding hydrogens is 270 g/mol. The molecule has 2 rings (SSSR count). The molecular formula is C13H12ClNO2S. The highest BCUT2D eigenvalue weighted by Gasteiger charge is 2.16. The van der Waals surface area contributed by atoms with Crippen molar-refractivity contribution < 1.29 is 9.90 Å². The maximum atomic E-state index is 11.2. The van der Waals surface area contributed by atoms with Crippen LogP contribution in [0.3, 0.4) is 0 Å². The molecule has 0 saturated heterocycles. The van der Waals surface area contributed by atoms with E-state index in [-0.39, 0.29) is 5.56 Å². The van der Waals surface area contributed by atoms with Crippen LogP contribution in [0.15, 0.2) is 35.7 Å². The Hall–Kier alpha value is -1.52. The first-order valence-corrected chi connectivity index (χ1v) is 6.60. The normalized spacial score (nSPS) is 10.3. The van der Waals surface area contributed by atoms with E-state index >= 15 is 0 Å². The summed E-state index contributed by atoms with van der Waals surface area (Å²) in [5.74, 6) is -0.967.